The number of aliphatic carboxylic acids is 1. The molecule has 1 aromatic heterocycles. The smallest absolute Gasteiger partial charge is 0.339 e. The lowest BCUT2D eigenvalue weighted by Gasteiger charge is -2.32. The van der Waals surface area contributed by atoms with Crippen LogP contribution in [-0.2, 0) is 25.2 Å². The van der Waals surface area contributed by atoms with Crippen LogP contribution in [0, 0.1) is 5.41 Å². The predicted octanol–water partition coefficient (Wildman–Crippen LogP) is 2.03. The number of rotatable bonds is 6. The Hall–Kier alpha value is -4.01. The number of hydrogen-bond acceptors (Lipinski definition) is 8. The second-order valence-electron chi connectivity index (χ2n) is 9.22. The van der Waals surface area contributed by atoms with Gasteiger partial charge in [0.25, 0.3) is 21.9 Å². The molecular weight excluding hydrogens is 534 g/mol. The first-order valence-electron chi connectivity index (χ1n) is 10.9. The Kier molecular flexibility index (Phi) is 9.21. The number of carboxylic acids is 1. The Balaban J connectivity index is 0.000000926. The number of nitrogen functional groups attached to an aromatic ring is 1. The molecule has 2 amide bonds. The van der Waals surface area contributed by atoms with E-state index in [1.165, 1.54) is 24.3 Å². The molecule has 1 aliphatic rings. The zero-order chi connectivity index (χ0) is 28.9. The number of benzene rings is 1. The van der Waals surface area contributed by atoms with Gasteiger partial charge in [0.05, 0.1) is 16.7 Å². The van der Waals surface area contributed by atoms with Gasteiger partial charge in [-0.2, -0.15) is 8.42 Å². The molecule has 0 saturated heterocycles. The normalized spacial score (nSPS) is 16.7. The summed E-state index contributed by atoms with van der Waals surface area (Å²) in [6.07, 6.45) is 5.11. The second kappa shape index (κ2) is 11.6. The van der Waals surface area contributed by atoms with E-state index in [1.807, 2.05) is 20.8 Å². The van der Waals surface area contributed by atoms with Crippen molar-refractivity contribution in [3.63, 3.8) is 0 Å². The number of nitrogens with one attached hydrogen (secondary N) is 4. The van der Waals surface area contributed by atoms with E-state index in [9.17, 15) is 27.9 Å². The number of anilines is 1. The van der Waals surface area contributed by atoms with Crippen LogP contribution < -0.4 is 21.7 Å². The Labute approximate surface area is 223 Å². The maximum absolute atomic E-state index is 13.0. The quantitative estimate of drug-likeness (QED) is 0.155. The highest BCUT2D eigenvalue weighted by Gasteiger charge is 2.44. The molecule has 14 heteroatoms. The number of allylic oxidation sites excluding steroid dienone is 2. The number of dihydropyridines is 1. The van der Waals surface area contributed by atoms with Crippen LogP contribution in [0.25, 0.3) is 0 Å². The predicted molar refractivity (Wildman–Crippen MR) is 145 cm³/mol. The molecule has 0 radical (unpaired) electrons. The monoisotopic (exact) mass is 563 g/mol. The van der Waals surface area contributed by atoms with E-state index in [-0.39, 0.29) is 22.0 Å². The molecule has 0 fully saturated rings. The van der Waals surface area contributed by atoms with Crippen molar-refractivity contribution in [3.05, 3.63) is 75.6 Å². The lowest BCUT2D eigenvalue weighted by molar-refractivity contribution is -0.142. The van der Waals surface area contributed by atoms with E-state index in [0.29, 0.717) is 17.5 Å². The highest BCUT2D eigenvalue weighted by molar-refractivity contribution is 7.85. The highest BCUT2D eigenvalue weighted by Crippen LogP contribution is 2.35. The maximum Gasteiger partial charge on any atom is 0.339 e. The molecule has 2 aromatic rings. The number of carboxylic acid groups (broad SMARTS) is 1. The van der Waals surface area contributed by atoms with Crippen LogP contribution in [0.3, 0.4) is 0 Å². The number of carbonyl (C=O) groups is 3. The number of thiophene rings is 1. The van der Waals surface area contributed by atoms with E-state index in [0.717, 1.165) is 11.3 Å². The molecule has 0 aliphatic carbocycles. The summed E-state index contributed by atoms with van der Waals surface area (Å²) < 4.78 is 25.9. The molecule has 2 heterocycles. The molecule has 204 valence electrons. The van der Waals surface area contributed by atoms with Crippen LogP contribution in [0.1, 0.15) is 41.6 Å². The zero-order valence-electron chi connectivity index (χ0n) is 21.0. The van der Waals surface area contributed by atoms with Crippen molar-refractivity contribution in [2.45, 2.75) is 31.8 Å². The molecule has 0 saturated carbocycles. The lowest BCUT2D eigenvalue weighted by atomic mass is 9.90. The fourth-order valence-corrected chi connectivity index (χ4v) is 4.22. The first-order chi connectivity index (χ1) is 17.4. The summed E-state index contributed by atoms with van der Waals surface area (Å²) >= 11 is 1.10. The van der Waals surface area contributed by atoms with Gasteiger partial charge in [-0.05, 0) is 68.6 Å². The summed E-state index contributed by atoms with van der Waals surface area (Å²) in [5.41, 5.74) is 4.35. The second-order valence-corrected chi connectivity index (χ2v) is 11.6. The summed E-state index contributed by atoms with van der Waals surface area (Å²) in [7, 11) is -3.67. The van der Waals surface area contributed by atoms with Crippen molar-refractivity contribution in [1.82, 2.24) is 10.6 Å². The van der Waals surface area contributed by atoms with Gasteiger partial charge in [-0.25, -0.2) is 4.79 Å². The molecule has 8 N–H and O–H groups in total. The van der Waals surface area contributed by atoms with Gasteiger partial charge >= 0.3 is 5.97 Å². The van der Waals surface area contributed by atoms with Crippen molar-refractivity contribution in [2.75, 3.05) is 11.6 Å². The first-order valence-corrected chi connectivity index (χ1v) is 13.7. The molecule has 1 aromatic carbocycles. The largest absolute Gasteiger partial charge is 0.479 e. The molecule has 3 rings (SSSR count). The van der Waals surface area contributed by atoms with Crippen molar-refractivity contribution >= 4 is 50.8 Å². The van der Waals surface area contributed by atoms with Crippen LogP contribution in [0.2, 0.25) is 0 Å². The van der Waals surface area contributed by atoms with Crippen LogP contribution in [0.4, 0.5) is 5.69 Å². The highest BCUT2D eigenvalue weighted by atomic mass is 32.2. The number of nitrogens with two attached hydrogens (primary N) is 1. The van der Waals surface area contributed by atoms with Crippen molar-refractivity contribution < 1.29 is 32.5 Å². The van der Waals surface area contributed by atoms with E-state index >= 15 is 0 Å². The topological polar surface area (TPSA) is 212 Å². The molecule has 0 spiro atoms. The molecule has 0 bridgehead atoms. The lowest BCUT2D eigenvalue weighted by Crippen LogP contribution is -2.53. The van der Waals surface area contributed by atoms with Crippen LogP contribution in [0.5, 0.6) is 0 Å². The number of amidine groups is 1. The Morgan fingerprint density at radius 1 is 1.11 bits per heavy atom. The summed E-state index contributed by atoms with van der Waals surface area (Å²) in [5, 5.41) is 27.6. The third-order valence-corrected chi connectivity index (χ3v) is 5.78. The maximum atomic E-state index is 13.0. The van der Waals surface area contributed by atoms with Crippen molar-refractivity contribution in [3.8, 4) is 0 Å². The van der Waals surface area contributed by atoms with Crippen LogP contribution >= 0.6 is 11.3 Å². The van der Waals surface area contributed by atoms with Crippen LogP contribution in [-0.4, -0.2) is 53.5 Å². The molecule has 1 unspecified atom stereocenters. The van der Waals surface area contributed by atoms with Crippen molar-refractivity contribution in [2.24, 2.45) is 5.73 Å². The van der Waals surface area contributed by atoms with Gasteiger partial charge in [-0.15, -0.1) is 11.3 Å². The van der Waals surface area contributed by atoms with E-state index in [2.05, 4.69) is 16.0 Å². The molecule has 1 atom stereocenters. The minimum atomic E-state index is -3.67. The van der Waals surface area contributed by atoms with E-state index in [4.69, 9.17) is 15.7 Å². The van der Waals surface area contributed by atoms with E-state index < -0.39 is 39.0 Å². The Morgan fingerprint density at radius 2 is 1.68 bits per heavy atom. The van der Waals surface area contributed by atoms with Gasteiger partial charge in [0.15, 0.2) is 5.54 Å². The minimum Gasteiger partial charge on any atom is -0.479 e. The number of carbonyl (C=O) groups excluding carboxylic acids is 2. The third-order valence-electron chi connectivity index (χ3n) is 4.73. The zero-order valence-corrected chi connectivity index (χ0v) is 22.7. The summed E-state index contributed by atoms with van der Waals surface area (Å²) in [6.45, 7) is 5.46. The fourth-order valence-electron chi connectivity index (χ4n) is 3.20. The Bertz CT molecular complexity index is 1400. The molecule has 38 heavy (non-hydrogen) atoms. The molecular formula is C24H29N5O7S2. The summed E-state index contributed by atoms with van der Waals surface area (Å²) in [6, 6.07) is 7.93. The van der Waals surface area contributed by atoms with Crippen molar-refractivity contribution in [1.29, 1.82) is 5.41 Å². The van der Waals surface area contributed by atoms with Gasteiger partial charge in [0.1, 0.15) is 11.5 Å². The first kappa shape index (κ1) is 30.2. The SMILES string of the molecule is CC(C)(C)NC(=O)C1=CC=CC(C(=O)O)(c2sccc2C(=O)Nc2ccc(C(=N)N)cc2)N1.CS(=O)(=O)O. The number of amides is 2. The van der Waals surface area contributed by atoms with Crippen LogP contribution in [0.15, 0.2) is 59.6 Å². The average Bonchev–Trinajstić information content (AvgIpc) is 3.28. The molecule has 1 aliphatic heterocycles. The number of hydrogen-bond donors (Lipinski definition) is 7. The standard InChI is InChI=1S/C23H25N5O4S.CH4O3S/c1-22(2,3)28-20(30)16-5-4-11-23(27-16,21(31)32)17-15(10-12-33-17)19(29)26-14-8-6-13(7-9-14)18(24)25;1-5(2,3)4/h4-12,27H,1-3H3,(H3,24,25)(H,26,29)(H,28,30)(H,31,32);1H3,(H,2,3,4). The average molecular weight is 564 g/mol. The summed E-state index contributed by atoms with van der Waals surface area (Å²) in [5.74, 6) is -2.31. The van der Waals surface area contributed by atoms with Gasteiger partial charge in [0, 0.05) is 16.8 Å². The van der Waals surface area contributed by atoms with E-state index in [1.54, 1.807) is 29.6 Å². The van der Waals surface area contributed by atoms with Gasteiger partial charge in [-0.1, -0.05) is 6.08 Å². The van der Waals surface area contributed by atoms with Gasteiger partial charge < -0.3 is 26.8 Å². The summed E-state index contributed by atoms with van der Waals surface area (Å²) in [4.78, 5) is 38.3. The minimum absolute atomic E-state index is 0.0782. The molecule has 12 nitrogen and oxygen atoms in total. The van der Waals surface area contributed by atoms with Gasteiger partial charge in [-0.3, -0.25) is 19.6 Å². The fraction of sp³-hybridized carbons (Fsp3) is 0.250. The Morgan fingerprint density at radius 3 is 2.18 bits per heavy atom. The van der Waals surface area contributed by atoms with Gasteiger partial charge in [0.2, 0.25) is 0 Å². The third kappa shape index (κ3) is 8.26.